The van der Waals surface area contributed by atoms with E-state index < -0.39 is 0 Å². The van der Waals surface area contributed by atoms with Gasteiger partial charge in [0.2, 0.25) is 0 Å². The van der Waals surface area contributed by atoms with Crippen molar-refractivity contribution < 1.29 is 4.79 Å². The van der Waals surface area contributed by atoms with E-state index in [9.17, 15) is 4.79 Å². The number of ketones is 1. The molecule has 0 unspecified atom stereocenters. The molecule has 2 aromatic heterocycles. The van der Waals surface area contributed by atoms with E-state index in [1.165, 1.54) is 0 Å². The van der Waals surface area contributed by atoms with Gasteiger partial charge in [-0.05, 0) is 33.3 Å². The lowest BCUT2D eigenvalue weighted by Crippen LogP contribution is -2.13. The highest BCUT2D eigenvalue weighted by Gasteiger charge is 2.16. The van der Waals surface area contributed by atoms with Crippen molar-refractivity contribution in [2.45, 2.75) is 53.6 Å². The van der Waals surface area contributed by atoms with E-state index in [1.54, 1.807) is 6.20 Å². The number of imidazole rings is 1. The molecule has 2 heterocycles. The van der Waals surface area contributed by atoms with Crippen molar-refractivity contribution in [1.82, 2.24) is 14.1 Å². The zero-order chi connectivity index (χ0) is 14.7. The summed E-state index contributed by atoms with van der Waals surface area (Å²) in [5.41, 5.74) is 3.04. The Kier molecular flexibility index (Phi) is 4.42. The number of carbonyl (C=O) groups is 1. The van der Waals surface area contributed by atoms with Gasteiger partial charge in [-0.2, -0.15) is 0 Å². The number of hydrogen-bond acceptors (Lipinski definition) is 2. The molecule has 20 heavy (non-hydrogen) atoms. The van der Waals surface area contributed by atoms with Crippen LogP contribution < -0.4 is 0 Å². The molecule has 0 bridgehead atoms. The number of Topliss-reactive ketones (excluding diaryl/α,β-unsaturated/α-hetero) is 1. The summed E-state index contributed by atoms with van der Waals surface area (Å²) in [6, 6.07) is 2.00. The number of aromatic nitrogens is 3. The molecule has 0 N–H and O–H groups in total. The van der Waals surface area contributed by atoms with E-state index in [-0.39, 0.29) is 5.78 Å². The first-order valence-electron chi connectivity index (χ1n) is 7.28. The van der Waals surface area contributed by atoms with Crippen LogP contribution in [0.1, 0.15) is 47.8 Å². The minimum atomic E-state index is 0.160. The maximum absolute atomic E-state index is 12.5. The molecular weight excluding hydrogens is 250 g/mol. The second kappa shape index (κ2) is 6.07. The van der Waals surface area contributed by atoms with Crippen molar-refractivity contribution in [3.05, 3.63) is 41.2 Å². The standard InChI is InChI=1S/C16H23N3O/c1-5-7-16-17-8-9-18(16)11-15(20)14-10-12(3)19(6-2)13(14)4/h8-10H,5-7,11H2,1-4H3. The molecule has 2 aromatic rings. The van der Waals surface area contributed by atoms with Gasteiger partial charge in [-0.3, -0.25) is 4.79 Å². The van der Waals surface area contributed by atoms with E-state index in [0.717, 1.165) is 42.2 Å². The van der Waals surface area contributed by atoms with Gasteiger partial charge in [0.1, 0.15) is 5.82 Å². The largest absolute Gasteiger partial charge is 0.349 e. The summed E-state index contributed by atoms with van der Waals surface area (Å²) in [4.78, 5) is 16.8. The van der Waals surface area contributed by atoms with Gasteiger partial charge in [0.15, 0.2) is 5.78 Å². The third kappa shape index (κ3) is 2.69. The molecule has 4 heteroatoms. The van der Waals surface area contributed by atoms with Crippen molar-refractivity contribution in [3.63, 3.8) is 0 Å². The molecule has 2 rings (SSSR count). The van der Waals surface area contributed by atoms with Gasteiger partial charge in [-0.25, -0.2) is 4.98 Å². The number of hydrogen-bond donors (Lipinski definition) is 0. The Morgan fingerprint density at radius 2 is 2.05 bits per heavy atom. The first kappa shape index (κ1) is 14.6. The molecule has 0 atom stereocenters. The van der Waals surface area contributed by atoms with Crippen LogP contribution in [0.2, 0.25) is 0 Å². The average Bonchev–Trinajstić information content (AvgIpc) is 2.95. The molecule has 0 saturated carbocycles. The fourth-order valence-corrected chi connectivity index (χ4v) is 2.75. The first-order chi connectivity index (χ1) is 9.58. The Labute approximate surface area is 120 Å². The van der Waals surface area contributed by atoms with E-state index >= 15 is 0 Å². The quantitative estimate of drug-likeness (QED) is 0.758. The van der Waals surface area contributed by atoms with Gasteiger partial charge in [-0.15, -0.1) is 0 Å². The van der Waals surface area contributed by atoms with E-state index in [0.29, 0.717) is 6.54 Å². The monoisotopic (exact) mass is 273 g/mol. The van der Waals surface area contributed by atoms with Gasteiger partial charge in [0.05, 0.1) is 6.54 Å². The lowest BCUT2D eigenvalue weighted by Gasteiger charge is -2.08. The topological polar surface area (TPSA) is 39.8 Å². The smallest absolute Gasteiger partial charge is 0.184 e. The SMILES string of the molecule is CCCc1nccn1CC(=O)c1cc(C)n(CC)c1C. The fourth-order valence-electron chi connectivity index (χ4n) is 2.75. The molecule has 0 aliphatic carbocycles. The van der Waals surface area contributed by atoms with Crippen LogP contribution in [-0.2, 0) is 19.5 Å². The molecule has 108 valence electrons. The molecule has 0 aromatic carbocycles. The third-order valence-electron chi connectivity index (χ3n) is 3.78. The lowest BCUT2D eigenvalue weighted by atomic mass is 10.1. The fraction of sp³-hybridized carbons (Fsp3) is 0.500. The highest BCUT2D eigenvalue weighted by atomic mass is 16.1. The van der Waals surface area contributed by atoms with Crippen molar-refractivity contribution >= 4 is 5.78 Å². The Morgan fingerprint density at radius 1 is 1.30 bits per heavy atom. The summed E-state index contributed by atoms with van der Waals surface area (Å²) in [6.07, 6.45) is 5.61. The Hall–Kier alpha value is -1.84. The zero-order valence-electron chi connectivity index (χ0n) is 12.8. The van der Waals surface area contributed by atoms with E-state index in [4.69, 9.17) is 0 Å². The summed E-state index contributed by atoms with van der Waals surface area (Å²) in [5, 5.41) is 0. The van der Waals surface area contributed by atoms with Crippen LogP contribution in [0.3, 0.4) is 0 Å². The van der Waals surface area contributed by atoms with Crippen LogP contribution in [0.15, 0.2) is 18.5 Å². The Balaban J connectivity index is 2.22. The number of aryl methyl sites for hydroxylation is 2. The number of nitrogens with zero attached hydrogens (tertiary/aromatic N) is 3. The molecule has 0 aliphatic heterocycles. The molecule has 0 amide bonds. The molecule has 0 spiro atoms. The van der Waals surface area contributed by atoms with Crippen molar-refractivity contribution in [3.8, 4) is 0 Å². The minimum Gasteiger partial charge on any atom is -0.349 e. The highest BCUT2D eigenvalue weighted by molar-refractivity contribution is 5.97. The molecule has 0 radical (unpaired) electrons. The van der Waals surface area contributed by atoms with Gasteiger partial charge < -0.3 is 9.13 Å². The maximum atomic E-state index is 12.5. The summed E-state index contributed by atoms with van der Waals surface area (Å²) in [6.45, 7) is 9.57. The zero-order valence-corrected chi connectivity index (χ0v) is 12.8. The molecule has 4 nitrogen and oxygen atoms in total. The normalized spacial score (nSPS) is 11.0. The average molecular weight is 273 g/mol. The summed E-state index contributed by atoms with van der Waals surface area (Å²) >= 11 is 0. The van der Waals surface area contributed by atoms with Crippen LogP contribution in [-0.4, -0.2) is 19.9 Å². The predicted octanol–water partition coefficient (Wildman–Crippen LogP) is 3.16. The highest BCUT2D eigenvalue weighted by Crippen LogP contribution is 2.16. The van der Waals surface area contributed by atoms with Crippen molar-refractivity contribution in [2.24, 2.45) is 0 Å². The van der Waals surface area contributed by atoms with Crippen LogP contribution in [0.4, 0.5) is 0 Å². The second-order valence-corrected chi connectivity index (χ2v) is 5.17. The lowest BCUT2D eigenvalue weighted by molar-refractivity contribution is 0.0970. The van der Waals surface area contributed by atoms with Gasteiger partial charge in [-0.1, -0.05) is 6.92 Å². The minimum absolute atomic E-state index is 0.160. The van der Waals surface area contributed by atoms with Crippen LogP contribution in [0.25, 0.3) is 0 Å². The molecule has 0 fully saturated rings. The maximum Gasteiger partial charge on any atom is 0.184 e. The van der Waals surface area contributed by atoms with Gasteiger partial charge >= 0.3 is 0 Å². The summed E-state index contributed by atoms with van der Waals surface area (Å²) in [7, 11) is 0. The first-order valence-corrected chi connectivity index (χ1v) is 7.28. The number of rotatable bonds is 6. The van der Waals surface area contributed by atoms with Crippen molar-refractivity contribution in [1.29, 1.82) is 0 Å². The van der Waals surface area contributed by atoms with Gasteiger partial charge in [0, 0.05) is 42.3 Å². The summed E-state index contributed by atoms with van der Waals surface area (Å²) in [5.74, 6) is 1.15. The Morgan fingerprint density at radius 3 is 2.65 bits per heavy atom. The molecule has 0 aliphatic rings. The second-order valence-electron chi connectivity index (χ2n) is 5.17. The van der Waals surface area contributed by atoms with Crippen LogP contribution in [0, 0.1) is 13.8 Å². The number of carbonyl (C=O) groups excluding carboxylic acids is 1. The van der Waals surface area contributed by atoms with Crippen molar-refractivity contribution in [2.75, 3.05) is 0 Å². The van der Waals surface area contributed by atoms with Gasteiger partial charge in [0.25, 0.3) is 0 Å². The van der Waals surface area contributed by atoms with E-state index in [2.05, 4.69) is 23.4 Å². The van der Waals surface area contributed by atoms with Crippen LogP contribution >= 0.6 is 0 Å². The molecule has 0 saturated heterocycles. The molecular formula is C16H23N3O. The third-order valence-corrected chi connectivity index (χ3v) is 3.78. The summed E-state index contributed by atoms with van der Waals surface area (Å²) < 4.78 is 4.14. The predicted molar refractivity (Wildman–Crippen MR) is 80.1 cm³/mol. The van der Waals surface area contributed by atoms with E-state index in [1.807, 2.05) is 30.7 Å². The van der Waals surface area contributed by atoms with Crippen LogP contribution in [0.5, 0.6) is 0 Å². The Bertz CT molecular complexity index is 607.